The molecule has 4 heterocycles. The third-order valence-electron chi connectivity index (χ3n) is 13.0. The second-order valence-corrected chi connectivity index (χ2v) is 20.2. The van der Waals surface area contributed by atoms with Gasteiger partial charge in [0.25, 0.3) is 5.88 Å². The number of rotatable bonds is 10. The van der Waals surface area contributed by atoms with E-state index in [4.69, 9.17) is 23.9 Å². The van der Waals surface area contributed by atoms with Crippen LogP contribution >= 0.6 is 0 Å². The summed E-state index contributed by atoms with van der Waals surface area (Å²) in [6.45, 7) is 3.83. The molecule has 2 amide bonds. The Balaban J connectivity index is 1.07. The standard InChI is InChI=1S/C49H51F3N4O8S/c1-29(2)62-35-20-16-31(17-21-35)44-53-42-38-12-8-9-13-41(38)64-43(42)45(54-44)63-36-25-39-40(57)27-48(47(59)55-65(60,61)37-22-23-37)26-34(48)11-7-5-3-4-6-10-32(46(58)56(39)28-36)24-30-14-18-33(19-15-30)49(50,51)52/h7-9,11-21,29,32,34,36-37,39H,3-6,10,22-28H2,1-2H3,(H,55,59)/b11-7-/t32-,34-,36-,39+,48-/m1/s1. The highest BCUT2D eigenvalue weighted by atomic mass is 32.2. The van der Waals surface area contributed by atoms with Gasteiger partial charge < -0.3 is 18.8 Å². The van der Waals surface area contributed by atoms with Gasteiger partial charge in [-0.15, -0.1) is 0 Å². The van der Waals surface area contributed by atoms with Crippen molar-refractivity contribution in [3.05, 3.63) is 96.1 Å². The maximum Gasteiger partial charge on any atom is 0.416 e. The van der Waals surface area contributed by atoms with Crippen LogP contribution in [0.1, 0.15) is 89.2 Å². The number of carbonyl (C=O) groups excluding carboxylic acids is 3. The highest BCUT2D eigenvalue weighted by Crippen LogP contribution is 2.57. The molecule has 0 spiro atoms. The number of nitrogens with zero attached hydrogens (tertiary/aromatic N) is 3. The van der Waals surface area contributed by atoms with E-state index in [1.807, 2.05) is 68.5 Å². The molecule has 0 bridgehead atoms. The lowest BCUT2D eigenvalue weighted by Crippen LogP contribution is -2.46. The Labute approximate surface area is 375 Å². The van der Waals surface area contributed by atoms with Crippen molar-refractivity contribution in [2.75, 3.05) is 6.54 Å². The average molecular weight is 913 g/mol. The Morgan fingerprint density at radius 1 is 0.969 bits per heavy atom. The van der Waals surface area contributed by atoms with Gasteiger partial charge in [0, 0.05) is 29.7 Å². The molecule has 5 aromatic rings. The first kappa shape index (κ1) is 44.4. The van der Waals surface area contributed by atoms with Crippen LogP contribution in [0.3, 0.4) is 0 Å². The summed E-state index contributed by atoms with van der Waals surface area (Å²) in [5.74, 6) is -1.43. The van der Waals surface area contributed by atoms with Gasteiger partial charge in [-0.2, -0.15) is 18.2 Å². The molecule has 4 aliphatic rings. The highest BCUT2D eigenvalue weighted by molar-refractivity contribution is 7.90. The Morgan fingerprint density at radius 3 is 2.45 bits per heavy atom. The number of ketones is 1. The minimum atomic E-state index is -4.52. The van der Waals surface area contributed by atoms with Crippen LogP contribution in [-0.4, -0.2) is 70.9 Å². The van der Waals surface area contributed by atoms with E-state index in [0.717, 1.165) is 30.4 Å². The molecule has 2 aliphatic carbocycles. The van der Waals surface area contributed by atoms with Gasteiger partial charge >= 0.3 is 6.18 Å². The molecule has 2 aliphatic heterocycles. The maximum atomic E-state index is 15.0. The number of para-hydroxylation sites is 1. The van der Waals surface area contributed by atoms with Crippen LogP contribution < -0.4 is 14.2 Å². The molecule has 0 unspecified atom stereocenters. The number of ether oxygens (including phenoxy) is 2. The number of nitrogens with one attached hydrogen (secondary N) is 1. The smallest absolute Gasteiger partial charge is 0.416 e. The van der Waals surface area contributed by atoms with E-state index in [1.54, 1.807) is 6.07 Å². The third kappa shape index (κ3) is 9.50. The molecule has 12 nitrogen and oxygen atoms in total. The first-order valence-corrected chi connectivity index (χ1v) is 24.0. The zero-order valence-corrected chi connectivity index (χ0v) is 37.0. The molecule has 9 rings (SSSR count). The number of alkyl halides is 3. The molecular weight excluding hydrogens is 862 g/mol. The second kappa shape index (κ2) is 17.6. The summed E-state index contributed by atoms with van der Waals surface area (Å²) in [7, 11) is -3.92. The van der Waals surface area contributed by atoms with Gasteiger partial charge in [-0.3, -0.25) is 19.1 Å². The van der Waals surface area contributed by atoms with Crippen LogP contribution in [0.2, 0.25) is 0 Å². The zero-order valence-electron chi connectivity index (χ0n) is 36.2. The van der Waals surface area contributed by atoms with E-state index in [9.17, 15) is 36.0 Å². The van der Waals surface area contributed by atoms with E-state index in [-0.39, 0.29) is 61.6 Å². The predicted octanol–water partition coefficient (Wildman–Crippen LogP) is 9.15. The average Bonchev–Trinajstić information content (AvgIpc) is 4.17. The molecular formula is C49H51F3N4O8S. The van der Waals surface area contributed by atoms with Crippen molar-refractivity contribution >= 4 is 49.7 Å². The van der Waals surface area contributed by atoms with Crippen LogP contribution in [-0.2, 0) is 37.0 Å². The van der Waals surface area contributed by atoms with Crippen molar-refractivity contribution in [3.8, 4) is 23.0 Å². The van der Waals surface area contributed by atoms with Gasteiger partial charge in [0.15, 0.2) is 11.6 Å². The van der Waals surface area contributed by atoms with Gasteiger partial charge in [0.2, 0.25) is 27.4 Å². The monoisotopic (exact) mass is 912 g/mol. The topological polar surface area (TPSA) is 158 Å². The fourth-order valence-corrected chi connectivity index (χ4v) is 10.7. The summed E-state index contributed by atoms with van der Waals surface area (Å²) < 4.78 is 87.7. The number of amides is 2. The number of halogens is 3. The first-order chi connectivity index (χ1) is 31.1. The number of fused-ring (bicyclic) bond motifs is 5. The summed E-state index contributed by atoms with van der Waals surface area (Å²) in [5, 5.41) is 0.0846. The Kier molecular flexibility index (Phi) is 12.0. The lowest BCUT2D eigenvalue weighted by molar-refractivity contribution is -0.142. The number of furan rings is 1. The van der Waals surface area contributed by atoms with Crippen molar-refractivity contribution in [2.24, 2.45) is 17.3 Å². The number of hydrogen-bond donors (Lipinski definition) is 1. The summed E-state index contributed by atoms with van der Waals surface area (Å²) in [5.41, 5.74) is 0.437. The molecule has 0 radical (unpaired) electrons. The number of Topliss-reactive ketones (excluding diaryl/α,β-unsaturated/α-hetero) is 1. The number of hydrogen-bond acceptors (Lipinski definition) is 10. The molecule has 16 heteroatoms. The van der Waals surface area contributed by atoms with Gasteiger partial charge in [-0.05, 0) is 119 Å². The molecule has 3 aromatic carbocycles. The first-order valence-electron chi connectivity index (χ1n) is 22.4. The van der Waals surface area contributed by atoms with Crippen molar-refractivity contribution in [1.29, 1.82) is 0 Å². The number of aromatic nitrogens is 2. The van der Waals surface area contributed by atoms with Crippen molar-refractivity contribution < 1.29 is 49.9 Å². The van der Waals surface area contributed by atoms with Gasteiger partial charge in [-0.1, -0.05) is 49.3 Å². The summed E-state index contributed by atoms with van der Waals surface area (Å²) >= 11 is 0. The van der Waals surface area contributed by atoms with Crippen LogP contribution in [0.25, 0.3) is 33.5 Å². The number of benzene rings is 3. The Morgan fingerprint density at radius 2 is 1.72 bits per heavy atom. The maximum absolute atomic E-state index is 15.0. The van der Waals surface area contributed by atoms with Crippen LogP contribution in [0, 0.1) is 17.3 Å². The fourth-order valence-electron chi connectivity index (χ4n) is 9.32. The SMILES string of the molecule is CC(C)Oc1ccc(-c2nc(O[C@@H]3C[C@H]4C(=O)C[C@]5(C(=O)NS(=O)(=O)C6CC6)C[C@H]5/C=C\CCCCC[C@H](Cc5ccc(C(F)(F)F)cc5)C(=O)N4C3)c3oc4ccccc4c3n2)cc1. The van der Waals surface area contributed by atoms with Crippen LogP contribution in [0.15, 0.2) is 89.4 Å². The molecule has 3 fully saturated rings. The molecule has 2 aromatic heterocycles. The molecule has 342 valence electrons. The van der Waals surface area contributed by atoms with Gasteiger partial charge in [0.05, 0.1) is 34.9 Å². The van der Waals surface area contributed by atoms with Crippen LogP contribution in [0.4, 0.5) is 13.2 Å². The Bertz CT molecular complexity index is 2750. The van der Waals surface area contributed by atoms with E-state index in [0.29, 0.717) is 65.9 Å². The lowest BCUT2D eigenvalue weighted by atomic mass is 9.90. The van der Waals surface area contributed by atoms with E-state index >= 15 is 0 Å². The van der Waals surface area contributed by atoms with Gasteiger partial charge in [0.1, 0.15) is 23.0 Å². The van der Waals surface area contributed by atoms with E-state index < -0.39 is 62.2 Å². The van der Waals surface area contributed by atoms with Gasteiger partial charge in [-0.25, -0.2) is 13.4 Å². The summed E-state index contributed by atoms with van der Waals surface area (Å²) in [6.07, 6.45) is 2.91. The highest BCUT2D eigenvalue weighted by Gasteiger charge is 2.61. The zero-order chi connectivity index (χ0) is 45.7. The number of allylic oxidation sites excluding steroid dienone is 2. The summed E-state index contributed by atoms with van der Waals surface area (Å²) in [4.78, 5) is 55.0. The molecule has 65 heavy (non-hydrogen) atoms. The van der Waals surface area contributed by atoms with Crippen molar-refractivity contribution in [2.45, 2.75) is 114 Å². The van der Waals surface area contributed by atoms with E-state index in [2.05, 4.69) is 4.72 Å². The predicted molar refractivity (Wildman–Crippen MR) is 236 cm³/mol. The summed E-state index contributed by atoms with van der Waals surface area (Å²) in [6, 6.07) is 18.4. The normalized spacial score (nSPS) is 24.9. The third-order valence-corrected chi connectivity index (χ3v) is 14.9. The van der Waals surface area contributed by atoms with Crippen LogP contribution in [0.5, 0.6) is 11.6 Å². The fraction of sp³-hybridized carbons (Fsp3) is 0.449. The molecule has 1 saturated heterocycles. The van der Waals surface area contributed by atoms with Crippen molar-refractivity contribution in [3.63, 3.8) is 0 Å². The van der Waals surface area contributed by atoms with E-state index in [1.165, 1.54) is 17.0 Å². The van der Waals surface area contributed by atoms with Crippen molar-refractivity contribution in [1.82, 2.24) is 19.6 Å². The minimum absolute atomic E-state index is 0.0262. The Hall–Kier alpha value is -5.77. The largest absolute Gasteiger partial charge is 0.491 e. The molecule has 1 N–H and O–H groups in total. The number of carbonyl (C=O) groups is 3. The second-order valence-electron chi connectivity index (χ2n) is 18.2. The molecule has 5 atom stereocenters. The lowest BCUT2D eigenvalue weighted by Gasteiger charge is -2.29. The number of sulfonamides is 1. The minimum Gasteiger partial charge on any atom is -0.491 e. The molecule has 2 saturated carbocycles. The quantitative estimate of drug-likeness (QED) is 0.134.